The molecule has 0 saturated heterocycles. The lowest BCUT2D eigenvalue weighted by Crippen LogP contribution is -2.15. The number of sulfone groups is 1. The van der Waals surface area contributed by atoms with Gasteiger partial charge in [-0.05, 0) is 61.4 Å². The Bertz CT molecular complexity index is 1490. The molecular weight excluding hydrogens is 498 g/mol. The maximum Gasteiger partial charge on any atom is 0.175 e. The van der Waals surface area contributed by atoms with Crippen molar-refractivity contribution in [2.24, 2.45) is 0 Å². The average molecular weight is 519 g/mol. The van der Waals surface area contributed by atoms with Crippen LogP contribution < -0.4 is 0 Å². The van der Waals surface area contributed by atoms with E-state index in [1.807, 2.05) is 0 Å². The van der Waals surface area contributed by atoms with Crippen LogP contribution in [0, 0.1) is 5.82 Å². The Morgan fingerprint density at radius 3 is 2.26 bits per heavy atom. The standard InChI is InChI=1S/C25H21Cl2FN2O3S/c1-25(2,31)22-14-30(24(29-22)23-18(26)8-5-9-20(23)28)21-11-10-16(13-19(21)27)15-6-4-7-17(12-15)34(3,32)33/h4-14,31H,1-3H3. The summed E-state index contributed by atoms with van der Waals surface area (Å²) in [4.78, 5) is 4.67. The molecule has 0 radical (unpaired) electrons. The summed E-state index contributed by atoms with van der Waals surface area (Å²) in [7, 11) is -3.37. The number of aliphatic hydroxyl groups is 1. The molecule has 0 amide bonds. The van der Waals surface area contributed by atoms with Gasteiger partial charge < -0.3 is 5.11 Å². The zero-order chi connectivity index (χ0) is 24.8. The molecule has 0 unspecified atom stereocenters. The quantitative estimate of drug-likeness (QED) is 0.337. The van der Waals surface area contributed by atoms with E-state index >= 15 is 0 Å². The minimum Gasteiger partial charge on any atom is -0.384 e. The Balaban J connectivity index is 1.88. The maximum atomic E-state index is 14.8. The predicted octanol–water partition coefficient (Wildman–Crippen LogP) is 6.28. The number of benzene rings is 3. The van der Waals surface area contributed by atoms with Crippen molar-refractivity contribution in [1.29, 1.82) is 0 Å². The molecule has 5 nitrogen and oxygen atoms in total. The maximum absolute atomic E-state index is 14.8. The summed E-state index contributed by atoms with van der Waals surface area (Å²) < 4.78 is 40.2. The first kappa shape index (κ1) is 24.4. The van der Waals surface area contributed by atoms with Gasteiger partial charge in [0.25, 0.3) is 0 Å². The second-order valence-electron chi connectivity index (χ2n) is 8.44. The van der Waals surface area contributed by atoms with E-state index in [1.54, 1.807) is 67.1 Å². The first-order valence-electron chi connectivity index (χ1n) is 10.2. The summed E-state index contributed by atoms with van der Waals surface area (Å²) in [5.74, 6) is -0.374. The van der Waals surface area contributed by atoms with Crippen LogP contribution in [0.3, 0.4) is 0 Å². The number of aromatic nitrogens is 2. The lowest BCUT2D eigenvalue weighted by atomic mass is 10.1. The Labute approximate surface area is 207 Å². The van der Waals surface area contributed by atoms with Crippen LogP contribution in [-0.4, -0.2) is 29.3 Å². The second-order valence-corrected chi connectivity index (χ2v) is 11.3. The van der Waals surface area contributed by atoms with Crippen molar-refractivity contribution in [3.8, 4) is 28.2 Å². The molecule has 0 aliphatic heterocycles. The smallest absolute Gasteiger partial charge is 0.175 e. The van der Waals surface area contributed by atoms with Gasteiger partial charge in [0.15, 0.2) is 9.84 Å². The van der Waals surface area contributed by atoms with Gasteiger partial charge >= 0.3 is 0 Å². The molecule has 4 rings (SSSR count). The van der Waals surface area contributed by atoms with Gasteiger partial charge in [0, 0.05) is 12.5 Å². The highest BCUT2D eigenvalue weighted by Gasteiger charge is 2.26. The molecule has 0 saturated carbocycles. The molecule has 0 fully saturated rings. The molecule has 4 aromatic rings. The van der Waals surface area contributed by atoms with Crippen molar-refractivity contribution in [2.45, 2.75) is 24.3 Å². The molecule has 3 aromatic carbocycles. The van der Waals surface area contributed by atoms with Gasteiger partial charge in [0.05, 0.1) is 31.9 Å². The Kier molecular flexibility index (Phi) is 6.33. The van der Waals surface area contributed by atoms with Crippen molar-refractivity contribution < 1.29 is 17.9 Å². The van der Waals surface area contributed by atoms with E-state index < -0.39 is 21.3 Å². The van der Waals surface area contributed by atoms with E-state index in [1.165, 1.54) is 18.2 Å². The number of rotatable bonds is 5. The van der Waals surface area contributed by atoms with Gasteiger partial charge in [0.1, 0.15) is 17.2 Å². The van der Waals surface area contributed by atoms with Crippen molar-refractivity contribution in [1.82, 2.24) is 9.55 Å². The largest absolute Gasteiger partial charge is 0.384 e. The molecule has 9 heteroatoms. The number of hydrogen-bond acceptors (Lipinski definition) is 4. The number of hydrogen-bond donors (Lipinski definition) is 1. The fourth-order valence-corrected chi connectivity index (χ4v) is 4.72. The molecule has 0 aliphatic carbocycles. The summed E-state index contributed by atoms with van der Waals surface area (Å²) in [5, 5.41) is 11.0. The minimum atomic E-state index is -3.37. The van der Waals surface area contributed by atoms with Crippen LogP contribution in [-0.2, 0) is 15.4 Å². The van der Waals surface area contributed by atoms with E-state index in [9.17, 15) is 17.9 Å². The SMILES string of the molecule is CC(C)(O)c1cn(-c2ccc(-c3cccc(S(C)(=O)=O)c3)cc2Cl)c(-c2c(F)cccc2Cl)n1. The highest BCUT2D eigenvalue weighted by molar-refractivity contribution is 7.90. The molecule has 1 N–H and O–H groups in total. The number of halogens is 3. The Morgan fingerprint density at radius 2 is 1.65 bits per heavy atom. The zero-order valence-electron chi connectivity index (χ0n) is 18.6. The van der Waals surface area contributed by atoms with E-state index in [-0.39, 0.29) is 21.3 Å². The third kappa shape index (κ3) is 4.74. The van der Waals surface area contributed by atoms with Crippen molar-refractivity contribution in [2.75, 3.05) is 6.26 Å². The highest BCUT2D eigenvalue weighted by atomic mass is 35.5. The van der Waals surface area contributed by atoms with Gasteiger partial charge in [-0.3, -0.25) is 4.57 Å². The van der Waals surface area contributed by atoms with Gasteiger partial charge in [-0.15, -0.1) is 0 Å². The normalized spacial score (nSPS) is 12.2. The molecule has 1 heterocycles. The van der Waals surface area contributed by atoms with E-state index in [0.717, 1.165) is 6.26 Å². The first-order valence-corrected chi connectivity index (χ1v) is 12.9. The molecule has 0 spiro atoms. The third-order valence-corrected chi connectivity index (χ3v) is 7.05. The van der Waals surface area contributed by atoms with Crippen molar-refractivity contribution in [3.63, 3.8) is 0 Å². The number of nitrogens with zero attached hydrogens (tertiary/aromatic N) is 2. The summed E-state index contributed by atoms with van der Waals surface area (Å²) in [6.07, 6.45) is 2.74. The lowest BCUT2D eigenvalue weighted by molar-refractivity contribution is 0.0743. The van der Waals surface area contributed by atoms with E-state index in [4.69, 9.17) is 23.2 Å². The fraction of sp³-hybridized carbons (Fsp3) is 0.160. The molecule has 176 valence electrons. The zero-order valence-corrected chi connectivity index (χ0v) is 20.9. The van der Waals surface area contributed by atoms with Crippen LogP contribution >= 0.6 is 23.2 Å². The predicted molar refractivity (Wildman–Crippen MR) is 133 cm³/mol. The van der Waals surface area contributed by atoms with Crippen LogP contribution in [0.1, 0.15) is 19.5 Å². The molecule has 1 aromatic heterocycles. The van der Waals surface area contributed by atoms with Crippen molar-refractivity contribution in [3.05, 3.63) is 88.4 Å². The van der Waals surface area contributed by atoms with Crippen molar-refractivity contribution >= 4 is 33.0 Å². The molecule has 0 atom stereocenters. The van der Waals surface area contributed by atoms with E-state index in [0.29, 0.717) is 27.5 Å². The minimum absolute atomic E-state index is 0.0839. The lowest BCUT2D eigenvalue weighted by Gasteiger charge is -2.13. The topological polar surface area (TPSA) is 72.2 Å². The van der Waals surface area contributed by atoms with E-state index in [2.05, 4.69) is 4.98 Å². The molecule has 0 aliphatic rings. The van der Waals surface area contributed by atoms with Gasteiger partial charge in [-0.2, -0.15) is 0 Å². The Morgan fingerprint density at radius 1 is 0.971 bits per heavy atom. The third-order valence-electron chi connectivity index (χ3n) is 5.32. The fourth-order valence-electron chi connectivity index (χ4n) is 3.53. The molecule has 34 heavy (non-hydrogen) atoms. The van der Waals surface area contributed by atoms with Crippen LogP contribution in [0.25, 0.3) is 28.2 Å². The Hall–Kier alpha value is -2.71. The van der Waals surface area contributed by atoms with Crippen LogP contribution in [0.15, 0.2) is 71.8 Å². The molecule has 0 bridgehead atoms. The van der Waals surface area contributed by atoms with Crippen LogP contribution in [0.5, 0.6) is 0 Å². The average Bonchev–Trinajstić information content (AvgIpc) is 3.18. The van der Waals surface area contributed by atoms with Gasteiger partial charge in [0.2, 0.25) is 0 Å². The number of imidazole rings is 1. The summed E-state index contributed by atoms with van der Waals surface area (Å²) in [5.41, 5.74) is 0.963. The van der Waals surface area contributed by atoms with Crippen LogP contribution in [0.4, 0.5) is 4.39 Å². The summed E-state index contributed by atoms with van der Waals surface area (Å²) in [6.45, 7) is 3.15. The first-order chi connectivity index (χ1) is 15.9. The summed E-state index contributed by atoms with van der Waals surface area (Å²) in [6, 6.07) is 16.1. The van der Waals surface area contributed by atoms with Crippen LogP contribution in [0.2, 0.25) is 10.0 Å². The highest BCUT2D eigenvalue weighted by Crippen LogP contribution is 2.36. The second kappa shape index (κ2) is 8.82. The summed E-state index contributed by atoms with van der Waals surface area (Å²) >= 11 is 13.0. The van der Waals surface area contributed by atoms with Gasteiger partial charge in [-0.1, -0.05) is 47.5 Å². The van der Waals surface area contributed by atoms with Gasteiger partial charge in [-0.25, -0.2) is 17.8 Å². The molecular formula is C25H21Cl2FN2O3S. The monoisotopic (exact) mass is 518 g/mol.